The van der Waals surface area contributed by atoms with Gasteiger partial charge in [0.1, 0.15) is 0 Å². The Morgan fingerprint density at radius 2 is 2.36 bits per heavy atom. The van der Waals surface area contributed by atoms with E-state index in [-0.39, 0.29) is 0 Å². The van der Waals surface area contributed by atoms with Crippen molar-refractivity contribution < 1.29 is 0 Å². The van der Waals surface area contributed by atoms with E-state index in [0.29, 0.717) is 0 Å². The fourth-order valence-corrected chi connectivity index (χ4v) is 1.54. The standard InChI is InChI=1S/C9H10ClS/c1-2-7-11-9-5-3-8(10)4-6-9/h3-5H,2,7H2,1H3. The molecule has 59 valence electrons. The second-order valence-electron chi connectivity index (χ2n) is 2.22. The largest absolute Gasteiger partial charge is 0.126 e. The van der Waals surface area contributed by atoms with Crippen LogP contribution in [-0.2, 0) is 0 Å². The van der Waals surface area contributed by atoms with Crippen LogP contribution >= 0.6 is 23.4 Å². The first-order valence-electron chi connectivity index (χ1n) is 3.63. The summed E-state index contributed by atoms with van der Waals surface area (Å²) >= 11 is 7.52. The minimum absolute atomic E-state index is 0.755. The summed E-state index contributed by atoms with van der Waals surface area (Å²) in [5.74, 6) is 1.15. The Morgan fingerprint density at radius 1 is 1.55 bits per heavy atom. The molecule has 1 rings (SSSR count). The first kappa shape index (κ1) is 8.95. The molecule has 0 nitrogen and oxygen atoms in total. The predicted molar refractivity (Wildman–Crippen MR) is 51.3 cm³/mol. The number of benzene rings is 1. The van der Waals surface area contributed by atoms with Gasteiger partial charge in [0.25, 0.3) is 0 Å². The molecule has 0 saturated carbocycles. The Kier molecular flexibility index (Phi) is 3.81. The molecule has 11 heavy (non-hydrogen) atoms. The highest BCUT2D eigenvalue weighted by atomic mass is 35.5. The van der Waals surface area contributed by atoms with E-state index in [1.807, 2.05) is 23.9 Å². The second-order valence-corrected chi connectivity index (χ2v) is 3.79. The summed E-state index contributed by atoms with van der Waals surface area (Å²) in [6.45, 7) is 2.17. The lowest BCUT2D eigenvalue weighted by atomic mass is 10.4. The van der Waals surface area contributed by atoms with Gasteiger partial charge in [-0.05, 0) is 36.4 Å². The summed E-state index contributed by atoms with van der Waals surface area (Å²) in [6, 6.07) is 8.81. The Labute approximate surface area is 77.0 Å². The molecule has 0 bridgehead atoms. The third-order valence-corrected chi connectivity index (χ3v) is 2.62. The van der Waals surface area contributed by atoms with Gasteiger partial charge >= 0.3 is 0 Å². The average molecular weight is 186 g/mol. The lowest BCUT2D eigenvalue weighted by Crippen LogP contribution is -1.75. The van der Waals surface area contributed by atoms with Gasteiger partial charge in [0, 0.05) is 9.92 Å². The first-order valence-corrected chi connectivity index (χ1v) is 4.99. The normalized spacial score (nSPS) is 10.0. The highest BCUT2D eigenvalue weighted by molar-refractivity contribution is 7.99. The zero-order chi connectivity index (χ0) is 8.10. The van der Waals surface area contributed by atoms with Crippen LogP contribution < -0.4 is 0 Å². The van der Waals surface area contributed by atoms with Gasteiger partial charge < -0.3 is 0 Å². The van der Waals surface area contributed by atoms with E-state index in [1.54, 1.807) is 6.07 Å². The monoisotopic (exact) mass is 185 g/mol. The smallest absolute Gasteiger partial charge is 0.0412 e. The van der Waals surface area contributed by atoms with Gasteiger partial charge in [0.15, 0.2) is 0 Å². The summed E-state index contributed by atoms with van der Waals surface area (Å²) in [5, 5.41) is 0.755. The van der Waals surface area contributed by atoms with E-state index in [9.17, 15) is 0 Å². The third kappa shape index (κ3) is 3.17. The van der Waals surface area contributed by atoms with Crippen LogP contribution in [0.15, 0.2) is 23.1 Å². The van der Waals surface area contributed by atoms with Gasteiger partial charge in [-0.15, -0.1) is 11.8 Å². The topological polar surface area (TPSA) is 0 Å². The fraction of sp³-hybridized carbons (Fsp3) is 0.333. The summed E-state index contributed by atoms with van der Waals surface area (Å²) in [4.78, 5) is 1.18. The molecule has 1 aromatic carbocycles. The van der Waals surface area contributed by atoms with E-state index in [4.69, 9.17) is 11.6 Å². The Morgan fingerprint density at radius 3 is 2.91 bits per heavy atom. The summed E-state index contributed by atoms with van der Waals surface area (Å²) in [7, 11) is 0. The number of halogens is 1. The molecule has 1 radical (unpaired) electrons. The molecule has 0 fully saturated rings. The zero-order valence-electron chi connectivity index (χ0n) is 6.43. The SMILES string of the molecule is CCCSc1[c]cc(Cl)cc1. The Bertz CT molecular complexity index is 205. The molecule has 0 aliphatic rings. The molecule has 0 aliphatic heterocycles. The first-order chi connectivity index (χ1) is 5.33. The van der Waals surface area contributed by atoms with Crippen LogP contribution in [0.2, 0.25) is 5.02 Å². The van der Waals surface area contributed by atoms with E-state index in [1.165, 1.54) is 11.3 Å². The fourth-order valence-electron chi connectivity index (χ4n) is 0.693. The quantitative estimate of drug-likeness (QED) is 0.648. The molecule has 0 N–H and O–H groups in total. The van der Waals surface area contributed by atoms with Crippen molar-refractivity contribution in [1.29, 1.82) is 0 Å². The summed E-state index contributed by atoms with van der Waals surface area (Å²) < 4.78 is 0. The number of hydrogen-bond donors (Lipinski definition) is 0. The minimum atomic E-state index is 0.755. The molecule has 0 aliphatic carbocycles. The van der Waals surface area contributed by atoms with Gasteiger partial charge in [-0.1, -0.05) is 18.5 Å². The van der Waals surface area contributed by atoms with Crippen LogP contribution in [-0.4, -0.2) is 5.75 Å². The Balaban J connectivity index is 2.52. The van der Waals surface area contributed by atoms with Crippen LogP contribution in [0.4, 0.5) is 0 Å². The van der Waals surface area contributed by atoms with E-state index in [2.05, 4.69) is 13.0 Å². The van der Waals surface area contributed by atoms with E-state index in [0.717, 1.165) is 10.8 Å². The summed E-state index contributed by atoms with van der Waals surface area (Å²) in [5.41, 5.74) is 0. The van der Waals surface area contributed by atoms with Gasteiger partial charge in [-0.2, -0.15) is 0 Å². The lowest BCUT2D eigenvalue weighted by Gasteiger charge is -1.97. The third-order valence-electron chi connectivity index (χ3n) is 1.21. The average Bonchev–Trinajstić information content (AvgIpc) is 2.04. The lowest BCUT2D eigenvalue weighted by molar-refractivity contribution is 1.10. The highest BCUT2D eigenvalue weighted by Crippen LogP contribution is 2.19. The van der Waals surface area contributed by atoms with Crippen molar-refractivity contribution in [1.82, 2.24) is 0 Å². The van der Waals surface area contributed by atoms with Crippen LogP contribution in [0, 0.1) is 6.07 Å². The molecule has 0 aromatic heterocycles. The van der Waals surface area contributed by atoms with Gasteiger partial charge in [-0.25, -0.2) is 0 Å². The van der Waals surface area contributed by atoms with Gasteiger partial charge in [-0.3, -0.25) is 0 Å². The molecule has 0 amide bonds. The molecular weight excluding hydrogens is 176 g/mol. The van der Waals surface area contributed by atoms with Crippen molar-refractivity contribution in [2.45, 2.75) is 18.2 Å². The van der Waals surface area contributed by atoms with Gasteiger partial charge in [0.2, 0.25) is 0 Å². The molecule has 0 atom stereocenters. The van der Waals surface area contributed by atoms with Crippen molar-refractivity contribution in [2.75, 3.05) is 5.75 Å². The van der Waals surface area contributed by atoms with Crippen molar-refractivity contribution in [2.24, 2.45) is 0 Å². The molecule has 0 saturated heterocycles. The van der Waals surface area contributed by atoms with Crippen LogP contribution in [0.5, 0.6) is 0 Å². The van der Waals surface area contributed by atoms with Crippen molar-refractivity contribution in [3.05, 3.63) is 29.3 Å². The number of rotatable bonds is 3. The second kappa shape index (κ2) is 4.68. The predicted octanol–water partition coefficient (Wildman–Crippen LogP) is 3.64. The van der Waals surface area contributed by atoms with Crippen molar-refractivity contribution in [3.8, 4) is 0 Å². The summed E-state index contributed by atoms with van der Waals surface area (Å²) in [6.07, 6.45) is 1.20. The van der Waals surface area contributed by atoms with Crippen LogP contribution in [0.25, 0.3) is 0 Å². The zero-order valence-corrected chi connectivity index (χ0v) is 8.00. The maximum absolute atomic E-state index is 5.71. The molecule has 1 aromatic rings. The van der Waals surface area contributed by atoms with E-state index >= 15 is 0 Å². The van der Waals surface area contributed by atoms with Crippen molar-refractivity contribution >= 4 is 23.4 Å². The van der Waals surface area contributed by atoms with Crippen molar-refractivity contribution in [3.63, 3.8) is 0 Å². The highest BCUT2D eigenvalue weighted by Gasteiger charge is 1.92. The van der Waals surface area contributed by atoms with Crippen LogP contribution in [0.1, 0.15) is 13.3 Å². The Hall–Kier alpha value is -0.140. The minimum Gasteiger partial charge on any atom is -0.126 e. The maximum atomic E-state index is 5.71. The number of hydrogen-bond acceptors (Lipinski definition) is 1. The molecule has 0 spiro atoms. The van der Waals surface area contributed by atoms with Gasteiger partial charge in [0.05, 0.1) is 0 Å². The number of thioether (sulfide) groups is 1. The molecule has 2 heteroatoms. The molecule has 0 heterocycles. The maximum Gasteiger partial charge on any atom is 0.0412 e. The molecule has 0 unspecified atom stereocenters. The molecular formula is C9H10ClS. The van der Waals surface area contributed by atoms with Crippen LogP contribution in [0.3, 0.4) is 0 Å². The van der Waals surface area contributed by atoms with E-state index < -0.39 is 0 Å².